The quantitative estimate of drug-likeness (QED) is 0.733. The van der Waals surface area contributed by atoms with Gasteiger partial charge in [0, 0.05) is 25.0 Å². The van der Waals surface area contributed by atoms with Crippen molar-refractivity contribution in [2.45, 2.75) is 38.8 Å². The number of rotatable bonds is 6. The summed E-state index contributed by atoms with van der Waals surface area (Å²) in [5.74, 6) is -0.581. The monoisotopic (exact) mass is 277 g/mol. The Kier molecular flexibility index (Phi) is 4.55. The number of aliphatic carboxylic acids is 1. The van der Waals surface area contributed by atoms with Gasteiger partial charge >= 0.3 is 12.0 Å². The summed E-state index contributed by atoms with van der Waals surface area (Å²) in [6.07, 6.45) is 5.37. The number of carbonyl (C=O) groups excluding carboxylic acids is 1. The van der Waals surface area contributed by atoms with Crippen LogP contribution in [0.25, 0.3) is 0 Å². The number of nitrogens with zero attached hydrogens (tertiary/aromatic N) is 1. The standard InChI is InChI=1S/C14H19N3O3/c1-9-4-5-15-7-11(9)8-16-14(20)17-12(6-13(18)19)10-2-3-10/h4-5,7,10,12H,2-3,6,8H2,1H3,(H,18,19)(H2,16,17,20). The minimum absolute atomic E-state index is 0.0238. The number of aromatic nitrogens is 1. The van der Waals surface area contributed by atoms with E-state index in [1.165, 1.54) is 0 Å². The van der Waals surface area contributed by atoms with Gasteiger partial charge in [-0.3, -0.25) is 9.78 Å². The summed E-state index contributed by atoms with van der Waals surface area (Å²) in [4.78, 5) is 26.6. The van der Waals surface area contributed by atoms with Gasteiger partial charge in [0.05, 0.1) is 6.42 Å². The number of carboxylic acid groups (broad SMARTS) is 1. The average Bonchev–Trinajstić information content (AvgIpc) is 3.21. The summed E-state index contributed by atoms with van der Waals surface area (Å²) in [5.41, 5.74) is 2.01. The minimum Gasteiger partial charge on any atom is -0.481 e. The van der Waals surface area contributed by atoms with Crippen LogP contribution in [-0.4, -0.2) is 28.1 Å². The van der Waals surface area contributed by atoms with Crippen molar-refractivity contribution in [2.75, 3.05) is 0 Å². The molecule has 1 aromatic rings. The lowest BCUT2D eigenvalue weighted by atomic mass is 10.1. The number of amides is 2. The first kappa shape index (κ1) is 14.3. The molecule has 20 heavy (non-hydrogen) atoms. The molecule has 0 saturated heterocycles. The summed E-state index contributed by atoms with van der Waals surface area (Å²) in [7, 11) is 0. The Labute approximate surface area is 117 Å². The fourth-order valence-corrected chi connectivity index (χ4v) is 2.10. The molecule has 108 valence electrons. The molecule has 3 N–H and O–H groups in total. The highest BCUT2D eigenvalue weighted by atomic mass is 16.4. The minimum atomic E-state index is -0.884. The molecule has 1 aromatic heterocycles. The average molecular weight is 277 g/mol. The number of hydrogen-bond acceptors (Lipinski definition) is 3. The van der Waals surface area contributed by atoms with Gasteiger partial charge in [0.25, 0.3) is 0 Å². The molecule has 1 aliphatic rings. The molecule has 1 atom stereocenters. The van der Waals surface area contributed by atoms with Crippen LogP contribution in [0.3, 0.4) is 0 Å². The lowest BCUT2D eigenvalue weighted by molar-refractivity contribution is -0.137. The number of hydrogen-bond donors (Lipinski definition) is 3. The van der Waals surface area contributed by atoms with Crippen molar-refractivity contribution in [1.29, 1.82) is 0 Å². The smallest absolute Gasteiger partial charge is 0.315 e. The maximum absolute atomic E-state index is 11.8. The van der Waals surface area contributed by atoms with E-state index >= 15 is 0 Å². The second-order valence-corrected chi connectivity index (χ2v) is 5.17. The fraction of sp³-hybridized carbons (Fsp3) is 0.500. The van der Waals surface area contributed by atoms with Crippen LogP contribution in [-0.2, 0) is 11.3 Å². The zero-order valence-electron chi connectivity index (χ0n) is 11.4. The van der Waals surface area contributed by atoms with E-state index in [0.717, 1.165) is 24.0 Å². The maximum atomic E-state index is 11.8. The molecule has 1 fully saturated rings. The molecule has 1 heterocycles. The Hall–Kier alpha value is -2.11. The molecule has 0 radical (unpaired) electrons. The Balaban J connectivity index is 1.82. The van der Waals surface area contributed by atoms with Gasteiger partial charge in [-0.05, 0) is 42.9 Å². The highest BCUT2D eigenvalue weighted by Crippen LogP contribution is 2.33. The van der Waals surface area contributed by atoms with E-state index in [4.69, 9.17) is 5.11 Å². The van der Waals surface area contributed by atoms with E-state index in [1.807, 2.05) is 13.0 Å². The number of aryl methyl sites for hydroxylation is 1. The van der Waals surface area contributed by atoms with Crippen LogP contribution in [0.1, 0.15) is 30.4 Å². The predicted molar refractivity (Wildman–Crippen MR) is 73.1 cm³/mol. The number of pyridine rings is 1. The molecule has 1 unspecified atom stereocenters. The van der Waals surface area contributed by atoms with Crippen molar-refractivity contribution in [3.8, 4) is 0 Å². The molecule has 2 rings (SSSR count). The van der Waals surface area contributed by atoms with Crippen molar-refractivity contribution < 1.29 is 14.7 Å². The third-order valence-corrected chi connectivity index (χ3v) is 3.49. The molecule has 1 saturated carbocycles. The lowest BCUT2D eigenvalue weighted by Crippen LogP contribution is -2.43. The van der Waals surface area contributed by atoms with Crippen molar-refractivity contribution in [3.05, 3.63) is 29.6 Å². The molecule has 1 aliphatic carbocycles. The zero-order chi connectivity index (χ0) is 14.5. The largest absolute Gasteiger partial charge is 0.481 e. The first-order valence-corrected chi connectivity index (χ1v) is 6.72. The summed E-state index contributed by atoms with van der Waals surface area (Å²) in [5, 5.41) is 14.3. The number of urea groups is 1. The van der Waals surface area contributed by atoms with Crippen molar-refractivity contribution >= 4 is 12.0 Å². The van der Waals surface area contributed by atoms with E-state index in [0.29, 0.717) is 12.5 Å². The molecule has 0 aliphatic heterocycles. The van der Waals surface area contributed by atoms with Gasteiger partial charge in [0.1, 0.15) is 0 Å². The van der Waals surface area contributed by atoms with Crippen molar-refractivity contribution in [3.63, 3.8) is 0 Å². The van der Waals surface area contributed by atoms with Gasteiger partial charge in [-0.1, -0.05) is 0 Å². The molecule has 6 nitrogen and oxygen atoms in total. The van der Waals surface area contributed by atoms with Crippen LogP contribution in [0.15, 0.2) is 18.5 Å². The second-order valence-electron chi connectivity index (χ2n) is 5.17. The van der Waals surface area contributed by atoms with E-state index in [-0.39, 0.29) is 18.5 Å². The van der Waals surface area contributed by atoms with Crippen LogP contribution in [0, 0.1) is 12.8 Å². The van der Waals surface area contributed by atoms with Gasteiger partial charge in [0.15, 0.2) is 0 Å². The van der Waals surface area contributed by atoms with Crippen LogP contribution in [0.2, 0.25) is 0 Å². The SMILES string of the molecule is Cc1ccncc1CNC(=O)NC(CC(=O)O)C1CC1. The Morgan fingerprint density at radius 2 is 2.25 bits per heavy atom. The second kappa shape index (κ2) is 6.36. The van der Waals surface area contributed by atoms with Gasteiger partial charge in [-0.2, -0.15) is 0 Å². The predicted octanol–water partition coefficient (Wildman–Crippen LogP) is 1.44. The Bertz CT molecular complexity index is 500. The third kappa shape index (κ3) is 4.22. The first-order chi connectivity index (χ1) is 9.56. The normalized spacial score (nSPS) is 15.4. The first-order valence-electron chi connectivity index (χ1n) is 6.72. The summed E-state index contributed by atoms with van der Waals surface area (Å²) < 4.78 is 0. The van der Waals surface area contributed by atoms with Gasteiger partial charge in [-0.25, -0.2) is 4.79 Å². The van der Waals surface area contributed by atoms with Crippen molar-refractivity contribution in [2.24, 2.45) is 5.92 Å². The number of nitrogens with one attached hydrogen (secondary N) is 2. The summed E-state index contributed by atoms with van der Waals surface area (Å²) in [6.45, 7) is 2.34. The van der Waals surface area contributed by atoms with E-state index in [1.54, 1.807) is 12.4 Å². The van der Waals surface area contributed by atoms with E-state index < -0.39 is 5.97 Å². The summed E-state index contributed by atoms with van der Waals surface area (Å²) >= 11 is 0. The highest BCUT2D eigenvalue weighted by Gasteiger charge is 2.33. The summed E-state index contributed by atoms with van der Waals surface area (Å²) in [6, 6.07) is 1.28. The highest BCUT2D eigenvalue weighted by molar-refractivity contribution is 5.75. The van der Waals surface area contributed by atoms with Crippen LogP contribution >= 0.6 is 0 Å². The van der Waals surface area contributed by atoms with Crippen molar-refractivity contribution in [1.82, 2.24) is 15.6 Å². The van der Waals surface area contributed by atoms with Gasteiger partial charge < -0.3 is 15.7 Å². The van der Waals surface area contributed by atoms with E-state index in [2.05, 4.69) is 15.6 Å². The Morgan fingerprint density at radius 3 is 2.85 bits per heavy atom. The topological polar surface area (TPSA) is 91.3 Å². The maximum Gasteiger partial charge on any atom is 0.315 e. The molecule has 0 spiro atoms. The number of carbonyl (C=O) groups is 2. The van der Waals surface area contributed by atoms with Crippen LogP contribution in [0.4, 0.5) is 4.79 Å². The van der Waals surface area contributed by atoms with E-state index in [9.17, 15) is 9.59 Å². The Morgan fingerprint density at radius 1 is 1.50 bits per heavy atom. The van der Waals surface area contributed by atoms with Crippen LogP contribution < -0.4 is 10.6 Å². The number of carboxylic acids is 1. The third-order valence-electron chi connectivity index (χ3n) is 3.49. The van der Waals surface area contributed by atoms with Gasteiger partial charge in [-0.15, -0.1) is 0 Å². The molecule has 6 heteroatoms. The van der Waals surface area contributed by atoms with Gasteiger partial charge in [0.2, 0.25) is 0 Å². The lowest BCUT2D eigenvalue weighted by Gasteiger charge is -2.17. The molecular weight excluding hydrogens is 258 g/mol. The molecule has 0 bridgehead atoms. The molecular formula is C14H19N3O3. The van der Waals surface area contributed by atoms with Crippen LogP contribution in [0.5, 0.6) is 0 Å². The fourth-order valence-electron chi connectivity index (χ4n) is 2.10. The molecule has 0 aromatic carbocycles. The zero-order valence-corrected chi connectivity index (χ0v) is 11.4. The molecule has 2 amide bonds.